The van der Waals surface area contributed by atoms with Gasteiger partial charge in [-0.15, -0.1) is 0 Å². The summed E-state index contributed by atoms with van der Waals surface area (Å²) in [6.07, 6.45) is 5.70. The average Bonchev–Trinajstić information content (AvgIpc) is 3.14. The predicted molar refractivity (Wildman–Crippen MR) is 87.4 cm³/mol. The first kappa shape index (κ1) is 15.5. The van der Waals surface area contributed by atoms with Crippen LogP contribution in [0.2, 0.25) is 0 Å². The molecule has 3 rings (SSSR count). The first-order valence-corrected chi connectivity index (χ1v) is 7.94. The van der Waals surface area contributed by atoms with E-state index in [1.165, 1.54) is 4.57 Å². The molecule has 0 aliphatic carbocycles. The molecule has 0 N–H and O–H groups in total. The van der Waals surface area contributed by atoms with Crippen molar-refractivity contribution in [2.45, 2.75) is 39.3 Å². The van der Waals surface area contributed by atoms with Crippen LogP contribution in [0, 0.1) is 13.8 Å². The highest BCUT2D eigenvalue weighted by Crippen LogP contribution is 2.21. The number of carbonyl (C=O) groups excluding carboxylic acids is 1. The van der Waals surface area contributed by atoms with Crippen LogP contribution in [0.25, 0.3) is 0 Å². The number of nitrogens with zero attached hydrogens (tertiary/aromatic N) is 4. The van der Waals surface area contributed by atoms with Crippen LogP contribution in [0.4, 0.5) is 0 Å². The lowest BCUT2D eigenvalue weighted by Crippen LogP contribution is -2.41. The normalized spacial score (nSPS) is 17.7. The molecule has 23 heavy (non-hydrogen) atoms. The summed E-state index contributed by atoms with van der Waals surface area (Å²) in [7, 11) is 1.70. The maximum atomic E-state index is 12.8. The third kappa shape index (κ3) is 2.93. The third-order valence-corrected chi connectivity index (χ3v) is 4.58. The number of hydrogen-bond donors (Lipinski definition) is 0. The minimum atomic E-state index is -0.226. The Morgan fingerprint density at radius 1 is 1.35 bits per heavy atom. The predicted octanol–water partition coefficient (Wildman–Crippen LogP) is 1.50. The highest BCUT2D eigenvalue weighted by atomic mass is 16.2. The Morgan fingerprint density at radius 3 is 2.83 bits per heavy atom. The Hall–Kier alpha value is -2.37. The minimum absolute atomic E-state index is 0.0906. The van der Waals surface area contributed by atoms with Crippen molar-refractivity contribution >= 4 is 5.91 Å². The van der Waals surface area contributed by atoms with Crippen LogP contribution in [-0.2, 0) is 13.6 Å². The fourth-order valence-corrected chi connectivity index (χ4v) is 3.12. The van der Waals surface area contributed by atoms with E-state index < -0.39 is 0 Å². The molecule has 122 valence electrons. The van der Waals surface area contributed by atoms with Crippen LogP contribution in [0.3, 0.4) is 0 Å². The summed E-state index contributed by atoms with van der Waals surface area (Å²) in [5.74, 6) is -0.169. The summed E-state index contributed by atoms with van der Waals surface area (Å²) in [6.45, 7) is 5.22. The number of pyridine rings is 1. The van der Waals surface area contributed by atoms with Gasteiger partial charge in [0.25, 0.3) is 11.5 Å². The molecule has 3 heterocycles. The number of carbonyl (C=O) groups is 1. The molecule has 1 saturated heterocycles. The number of aryl methyl sites for hydroxylation is 2. The van der Waals surface area contributed by atoms with E-state index in [-0.39, 0.29) is 23.1 Å². The van der Waals surface area contributed by atoms with Crippen molar-refractivity contribution in [1.82, 2.24) is 19.2 Å². The molecule has 0 aromatic carbocycles. The van der Waals surface area contributed by atoms with Crippen LogP contribution in [0.15, 0.2) is 29.3 Å². The van der Waals surface area contributed by atoms with Gasteiger partial charge in [0.2, 0.25) is 0 Å². The van der Waals surface area contributed by atoms with Crippen molar-refractivity contribution in [1.29, 1.82) is 0 Å². The number of aromatic nitrogens is 3. The second-order valence-electron chi connectivity index (χ2n) is 6.29. The van der Waals surface area contributed by atoms with Crippen molar-refractivity contribution in [3.63, 3.8) is 0 Å². The first-order chi connectivity index (χ1) is 11.0. The Labute approximate surface area is 135 Å². The molecule has 0 radical (unpaired) electrons. The van der Waals surface area contributed by atoms with Gasteiger partial charge in [-0.05, 0) is 44.4 Å². The molecule has 6 nitrogen and oxygen atoms in total. The van der Waals surface area contributed by atoms with E-state index in [2.05, 4.69) is 5.10 Å². The van der Waals surface area contributed by atoms with Crippen molar-refractivity contribution in [3.8, 4) is 0 Å². The van der Waals surface area contributed by atoms with Crippen LogP contribution >= 0.6 is 0 Å². The maximum absolute atomic E-state index is 12.8. The standard InChI is InChI=1S/C17H22N4O2/c1-12-9-18-20(10-12)11-14-5-4-8-21(14)17(23)15-7-6-13(2)19(3)16(15)22/h6-7,9-10,14H,4-5,8,11H2,1-3H3. The number of hydrogen-bond acceptors (Lipinski definition) is 3. The fraction of sp³-hybridized carbons (Fsp3) is 0.471. The van der Waals surface area contributed by atoms with Crippen molar-refractivity contribution in [2.75, 3.05) is 6.54 Å². The molecule has 1 fully saturated rings. The Bertz CT molecular complexity index is 790. The average molecular weight is 314 g/mol. The second-order valence-corrected chi connectivity index (χ2v) is 6.29. The quantitative estimate of drug-likeness (QED) is 0.862. The van der Waals surface area contributed by atoms with Gasteiger partial charge in [0, 0.05) is 25.5 Å². The van der Waals surface area contributed by atoms with Crippen molar-refractivity contribution in [2.24, 2.45) is 7.05 Å². The number of rotatable bonds is 3. The summed E-state index contributed by atoms with van der Waals surface area (Å²) in [4.78, 5) is 27.0. The Balaban J connectivity index is 1.83. The summed E-state index contributed by atoms with van der Waals surface area (Å²) in [5, 5.41) is 4.30. The SMILES string of the molecule is Cc1cnn(CC2CCCN2C(=O)c2ccc(C)n(C)c2=O)c1. The molecule has 2 aromatic heterocycles. The van der Waals surface area contributed by atoms with Gasteiger partial charge < -0.3 is 9.47 Å². The van der Waals surface area contributed by atoms with Crippen LogP contribution in [0.1, 0.15) is 34.5 Å². The van der Waals surface area contributed by atoms with Gasteiger partial charge in [-0.25, -0.2) is 0 Å². The molecule has 1 atom stereocenters. The zero-order valence-corrected chi connectivity index (χ0v) is 13.8. The lowest BCUT2D eigenvalue weighted by Gasteiger charge is -2.24. The monoisotopic (exact) mass is 314 g/mol. The summed E-state index contributed by atoms with van der Waals surface area (Å²) >= 11 is 0. The summed E-state index contributed by atoms with van der Waals surface area (Å²) in [5.41, 5.74) is 1.97. The van der Waals surface area contributed by atoms with Gasteiger partial charge in [-0.3, -0.25) is 14.3 Å². The molecule has 0 saturated carbocycles. The molecule has 1 aliphatic rings. The van der Waals surface area contributed by atoms with Crippen molar-refractivity contribution < 1.29 is 4.79 Å². The maximum Gasteiger partial charge on any atom is 0.263 e. The van der Waals surface area contributed by atoms with Gasteiger partial charge in [0.15, 0.2) is 0 Å². The topological polar surface area (TPSA) is 60.1 Å². The molecule has 0 spiro atoms. The molecule has 2 aromatic rings. The molecular weight excluding hydrogens is 292 g/mol. The van der Waals surface area contributed by atoms with Gasteiger partial charge >= 0.3 is 0 Å². The molecular formula is C17H22N4O2. The molecule has 1 amide bonds. The van der Waals surface area contributed by atoms with Gasteiger partial charge in [0.05, 0.1) is 18.8 Å². The Morgan fingerprint density at radius 2 is 2.13 bits per heavy atom. The van der Waals surface area contributed by atoms with E-state index in [4.69, 9.17) is 0 Å². The third-order valence-electron chi connectivity index (χ3n) is 4.58. The smallest absolute Gasteiger partial charge is 0.263 e. The summed E-state index contributed by atoms with van der Waals surface area (Å²) < 4.78 is 3.40. The fourth-order valence-electron chi connectivity index (χ4n) is 3.12. The van der Waals surface area contributed by atoms with Gasteiger partial charge in [-0.2, -0.15) is 5.10 Å². The van der Waals surface area contributed by atoms with Crippen molar-refractivity contribution in [3.05, 3.63) is 51.7 Å². The highest BCUT2D eigenvalue weighted by molar-refractivity contribution is 5.94. The lowest BCUT2D eigenvalue weighted by atomic mass is 10.2. The van der Waals surface area contributed by atoms with E-state index in [1.54, 1.807) is 13.1 Å². The largest absolute Gasteiger partial charge is 0.334 e. The van der Waals surface area contributed by atoms with Crippen LogP contribution in [-0.4, -0.2) is 37.7 Å². The molecule has 6 heteroatoms. The molecule has 1 aliphatic heterocycles. The van der Waals surface area contributed by atoms with Gasteiger partial charge in [0.1, 0.15) is 5.56 Å². The van der Waals surface area contributed by atoms with E-state index in [1.807, 2.05) is 41.9 Å². The van der Waals surface area contributed by atoms with E-state index in [0.29, 0.717) is 13.1 Å². The molecule has 1 unspecified atom stereocenters. The second kappa shape index (κ2) is 6.02. The van der Waals surface area contributed by atoms with E-state index >= 15 is 0 Å². The van der Waals surface area contributed by atoms with Crippen LogP contribution < -0.4 is 5.56 Å². The van der Waals surface area contributed by atoms with Crippen LogP contribution in [0.5, 0.6) is 0 Å². The van der Waals surface area contributed by atoms with E-state index in [0.717, 1.165) is 24.1 Å². The first-order valence-electron chi connectivity index (χ1n) is 7.94. The van der Waals surface area contributed by atoms with E-state index in [9.17, 15) is 9.59 Å². The minimum Gasteiger partial charge on any atom is -0.334 e. The molecule has 0 bridgehead atoms. The summed E-state index contributed by atoms with van der Waals surface area (Å²) in [6, 6.07) is 3.55. The zero-order chi connectivity index (χ0) is 16.6. The van der Waals surface area contributed by atoms with Gasteiger partial charge in [-0.1, -0.05) is 0 Å². The number of amides is 1. The number of likely N-dealkylation sites (tertiary alicyclic amines) is 1. The lowest BCUT2D eigenvalue weighted by molar-refractivity contribution is 0.0719. The Kier molecular flexibility index (Phi) is 4.07. The highest BCUT2D eigenvalue weighted by Gasteiger charge is 2.31. The zero-order valence-electron chi connectivity index (χ0n) is 13.8.